The highest BCUT2D eigenvalue weighted by Crippen LogP contribution is 2.18. The average molecular weight is 197 g/mol. The smallest absolute Gasteiger partial charge is 0.339 e. The lowest BCUT2D eigenvalue weighted by Gasteiger charge is -1.97. The van der Waals surface area contributed by atoms with Crippen LogP contribution in [-0.2, 0) is 16.1 Å². The van der Waals surface area contributed by atoms with Crippen molar-refractivity contribution in [1.29, 1.82) is 0 Å². The largest absolute Gasteiger partial charge is 0.465 e. The Kier molecular flexibility index (Phi) is 3.37. The summed E-state index contributed by atoms with van der Waals surface area (Å²) in [6.07, 6.45) is 1.42. The van der Waals surface area contributed by atoms with Crippen LogP contribution in [0.5, 0.6) is 0 Å². The molecule has 0 saturated carbocycles. The Bertz CT molecular complexity index is 352. The Morgan fingerprint density at radius 3 is 3.15 bits per heavy atom. The lowest BCUT2D eigenvalue weighted by atomic mass is 10.2. The number of hydrogen-bond acceptors (Lipinski definition) is 5. The highest BCUT2D eigenvalue weighted by atomic mass is 32.1. The number of isocyanates is 1. The number of thiophene rings is 1. The highest BCUT2D eigenvalue weighted by molar-refractivity contribution is 7.10. The summed E-state index contributed by atoms with van der Waals surface area (Å²) in [5.74, 6) is -0.405. The summed E-state index contributed by atoms with van der Waals surface area (Å²) in [6, 6.07) is 1.64. The van der Waals surface area contributed by atoms with E-state index in [-0.39, 0.29) is 6.54 Å². The van der Waals surface area contributed by atoms with Crippen molar-refractivity contribution in [2.45, 2.75) is 6.54 Å². The van der Waals surface area contributed by atoms with Gasteiger partial charge in [-0.25, -0.2) is 14.6 Å². The first-order valence-corrected chi connectivity index (χ1v) is 4.36. The molecule has 0 aliphatic heterocycles. The average Bonchev–Trinajstić information content (AvgIpc) is 2.61. The molecule has 0 bridgehead atoms. The zero-order valence-electron chi connectivity index (χ0n) is 6.94. The van der Waals surface area contributed by atoms with Gasteiger partial charge in [-0.2, -0.15) is 0 Å². The SMILES string of the molecule is COC(=O)c1ccsc1CN=C=O. The molecule has 0 spiro atoms. The van der Waals surface area contributed by atoms with Crippen molar-refractivity contribution in [2.75, 3.05) is 7.11 Å². The molecule has 0 aromatic carbocycles. The van der Waals surface area contributed by atoms with E-state index in [0.29, 0.717) is 5.56 Å². The van der Waals surface area contributed by atoms with Gasteiger partial charge in [0, 0.05) is 4.88 Å². The van der Waals surface area contributed by atoms with Gasteiger partial charge >= 0.3 is 5.97 Å². The van der Waals surface area contributed by atoms with E-state index in [9.17, 15) is 9.59 Å². The van der Waals surface area contributed by atoms with E-state index in [1.54, 1.807) is 11.4 Å². The second-order valence-electron chi connectivity index (χ2n) is 2.16. The molecule has 0 atom stereocenters. The molecular weight excluding hydrogens is 190 g/mol. The third kappa shape index (κ3) is 2.24. The van der Waals surface area contributed by atoms with E-state index in [4.69, 9.17) is 0 Å². The number of methoxy groups -OCH3 is 1. The zero-order chi connectivity index (χ0) is 9.68. The lowest BCUT2D eigenvalue weighted by molar-refractivity contribution is 0.0600. The Morgan fingerprint density at radius 2 is 2.54 bits per heavy atom. The predicted molar refractivity (Wildman–Crippen MR) is 47.5 cm³/mol. The highest BCUT2D eigenvalue weighted by Gasteiger charge is 2.11. The zero-order valence-corrected chi connectivity index (χ0v) is 7.76. The van der Waals surface area contributed by atoms with Gasteiger partial charge in [0.05, 0.1) is 19.2 Å². The molecule has 0 aliphatic rings. The number of ether oxygens (including phenoxy) is 1. The number of rotatable bonds is 3. The van der Waals surface area contributed by atoms with E-state index in [1.165, 1.54) is 24.5 Å². The third-order valence-corrected chi connectivity index (χ3v) is 2.34. The quantitative estimate of drug-likeness (QED) is 0.417. The van der Waals surface area contributed by atoms with Gasteiger partial charge in [0.1, 0.15) is 0 Å². The van der Waals surface area contributed by atoms with Crippen LogP contribution in [0.1, 0.15) is 15.2 Å². The maximum absolute atomic E-state index is 11.1. The normalized spacial score (nSPS) is 9.00. The molecule has 13 heavy (non-hydrogen) atoms. The Morgan fingerprint density at radius 1 is 1.77 bits per heavy atom. The summed E-state index contributed by atoms with van der Waals surface area (Å²) < 4.78 is 4.54. The minimum absolute atomic E-state index is 0.186. The molecule has 0 unspecified atom stereocenters. The van der Waals surface area contributed by atoms with Crippen molar-refractivity contribution in [1.82, 2.24) is 0 Å². The molecule has 0 N–H and O–H groups in total. The second kappa shape index (κ2) is 4.54. The van der Waals surface area contributed by atoms with Crippen LogP contribution in [0.25, 0.3) is 0 Å². The maximum atomic E-state index is 11.1. The fourth-order valence-electron chi connectivity index (χ4n) is 0.859. The minimum Gasteiger partial charge on any atom is -0.465 e. The van der Waals surface area contributed by atoms with Gasteiger partial charge < -0.3 is 4.74 Å². The molecular formula is C8H7NO3S. The van der Waals surface area contributed by atoms with Gasteiger partial charge in [-0.3, -0.25) is 0 Å². The van der Waals surface area contributed by atoms with Gasteiger partial charge in [-0.1, -0.05) is 0 Å². The van der Waals surface area contributed by atoms with E-state index >= 15 is 0 Å². The van der Waals surface area contributed by atoms with Crippen LogP contribution in [-0.4, -0.2) is 19.2 Å². The minimum atomic E-state index is -0.405. The molecule has 68 valence electrons. The summed E-state index contributed by atoms with van der Waals surface area (Å²) in [6.45, 7) is 0.186. The Hall–Kier alpha value is -1.45. The Labute approximate surface area is 78.9 Å². The summed E-state index contributed by atoms with van der Waals surface area (Å²) in [7, 11) is 1.31. The van der Waals surface area contributed by atoms with E-state index in [1.807, 2.05) is 0 Å². The van der Waals surface area contributed by atoms with E-state index in [0.717, 1.165) is 4.88 Å². The summed E-state index contributed by atoms with van der Waals surface area (Å²) in [5, 5.41) is 1.75. The van der Waals surface area contributed by atoms with Crippen LogP contribution >= 0.6 is 11.3 Å². The lowest BCUT2D eigenvalue weighted by Crippen LogP contribution is -2.01. The fraction of sp³-hybridized carbons (Fsp3) is 0.250. The fourth-order valence-corrected chi connectivity index (χ4v) is 1.64. The summed E-state index contributed by atoms with van der Waals surface area (Å²) >= 11 is 1.36. The van der Waals surface area contributed by atoms with Crippen LogP contribution in [0.2, 0.25) is 0 Å². The monoisotopic (exact) mass is 197 g/mol. The molecule has 0 fully saturated rings. The van der Waals surface area contributed by atoms with Crippen molar-refractivity contribution in [3.8, 4) is 0 Å². The molecule has 0 amide bonds. The Balaban J connectivity index is 2.88. The van der Waals surface area contributed by atoms with Crippen LogP contribution in [0.3, 0.4) is 0 Å². The number of carbonyl (C=O) groups excluding carboxylic acids is 2. The predicted octanol–water partition coefficient (Wildman–Crippen LogP) is 1.37. The van der Waals surface area contributed by atoms with Gasteiger partial charge in [0.25, 0.3) is 0 Å². The molecule has 1 aromatic rings. The molecule has 0 saturated heterocycles. The van der Waals surface area contributed by atoms with Gasteiger partial charge in [-0.05, 0) is 11.4 Å². The molecule has 4 nitrogen and oxygen atoms in total. The van der Waals surface area contributed by atoms with Gasteiger partial charge in [0.15, 0.2) is 0 Å². The van der Waals surface area contributed by atoms with Gasteiger partial charge in [-0.15, -0.1) is 11.3 Å². The molecule has 1 aromatic heterocycles. The number of esters is 1. The van der Waals surface area contributed by atoms with E-state index < -0.39 is 5.97 Å². The summed E-state index contributed by atoms with van der Waals surface area (Å²) in [5.41, 5.74) is 0.464. The topological polar surface area (TPSA) is 55.7 Å². The molecule has 0 radical (unpaired) electrons. The second-order valence-corrected chi connectivity index (χ2v) is 3.16. The molecule has 1 rings (SSSR count). The first-order chi connectivity index (χ1) is 6.29. The van der Waals surface area contributed by atoms with Crippen molar-refractivity contribution >= 4 is 23.4 Å². The van der Waals surface area contributed by atoms with Crippen molar-refractivity contribution in [3.63, 3.8) is 0 Å². The van der Waals surface area contributed by atoms with E-state index in [2.05, 4.69) is 9.73 Å². The number of hydrogen-bond donors (Lipinski definition) is 0. The third-order valence-electron chi connectivity index (χ3n) is 1.44. The van der Waals surface area contributed by atoms with Crippen LogP contribution < -0.4 is 0 Å². The van der Waals surface area contributed by atoms with Crippen LogP contribution in [0.15, 0.2) is 16.4 Å². The standard InChI is InChI=1S/C8H7NO3S/c1-12-8(11)6-2-3-13-7(6)4-9-5-10/h2-3H,4H2,1H3. The van der Waals surface area contributed by atoms with Crippen molar-refractivity contribution < 1.29 is 14.3 Å². The number of carbonyl (C=O) groups is 1. The van der Waals surface area contributed by atoms with Crippen molar-refractivity contribution in [3.05, 3.63) is 21.9 Å². The number of aliphatic imine (C=N–C) groups is 1. The molecule has 0 aliphatic carbocycles. The summed E-state index contributed by atoms with van der Waals surface area (Å²) in [4.78, 5) is 25.1. The maximum Gasteiger partial charge on any atom is 0.339 e. The molecule has 1 heterocycles. The first-order valence-electron chi connectivity index (χ1n) is 3.48. The van der Waals surface area contributed by atoms with Crippen molar-refractivity contribution in [2.24, 2.45) is 4.99 Å². The first kappa shape index (κ1) is 9.64. The van der Waals surface area contributed by atoms with Gasteiger partial charge in [0.2, 0.25) is 6.08 Å². The van der Waals surface area contributed by atoms with Crippen LogP contribution in [0, 0.1) is 0 Å². The number of nitrogens with zero attached hydrogens (tertiary/aromatic N) is 1. The molecule has 5 heteroatoms. The van der Waals surface area contributed by atoms with Crippen LogP contribution in [0.4, 0.5) is 0 Å².